The molecule has 0 atom stereocenters. The Balaban J connectivity index is 2.55. The van der Waals surface area contributed by atoms with E-state index in [1.54, 1.807) is 0 Å². The smallest absolute Gasteiger partial charge is 0.136 e. The van der Waals surface area contributed by atoms with E-state index in [1.807, 2.05) is 45.2 Å². The molecular weight excluding hydrogens is 200 g/mol. The first-order valence-corrected chi connectivity index (χ1v) is 5.35. The van der Waals surface area contributed by atoms with Crippen LogP contribution in [0.15, 0.2) is 24.4 Å². The highest BCUT2D eigenvalue weighted by Gasteiger charge is 2.10. The van der Waals surface area contributed by atoms with E-state index in [0.29, 0.717) is 0 Å². The van der Waals surface area contributed by atoms with Crippen molar-refractivity contribution < 1.29 is 5.11 Å². The van der Waals surface area contributed by atoms with Crippen molar-refractivity contribution >= 4 is 0 Å². The predicted molar refractivity (Wildman–Crippen MR) is 63.7 cm³/mol. The summed E-state index contributed by atoms with van der Waals surface area (Å²) in [7, 11) is 0. The highest BCUT2D eigenvalue weighted by molar-refractivity contribution is 5.37. The average Bonchev–Trinajstić information content (AvgIpc) is 2.56. The minimum atomic E-state index is 0.0749. The van der Waals surface area contributed by atoms with Crippen LogP contribution in [0.4, 0.5) is 0 Å². The molecule has 3 heteroatoms. The molecule has 0 saturated heterocycles. The van der Waals surface area contributed by atoms with Gasteiger partial charge in [-0.1, -0.05) is 6.07 Å². The highest BCUT2D eigenvalue weighted by Crippen LogP contribution is 2.19. The fourth-order valence-electron chi connectivity index (χ4n) is 1.93. The van der Waals surface area contributed by atoms with Gasteiger partial charge in [0.2, 0.25) is 0 Å². The summed E-state index contributed by atoms with van der Waals surface area (Å²) in [4.78, 5) is 4.40. The van der Waals surface area contributed by atoms with Crippen LogP contribution in [0.1, 0.15) is 22.5 Å². The summed E-state index contributed by atoms with van der Waals surface area (Å²) in [5, 5.41) is 9.21. The van der Waals surface area contributed by atoms with E-state index in [9.17, 15) is 5.11 Å². The van der Waals surface area contributed by atoms with Crippen LogP contribution in [0.25, 0.3) is 5.82 Å². The zero-order chi connectivity index (χ0) is 11.7. The Morgan fingerprint density at radius 3 is 2.50 bits per heavy atom. The van der Waals surface area contributed by atoms with Gasteiger partial charge in [-0.3, -0.25) is 0 Å². The zero-order valence-corrected chi connectivity index (χ0v) is 9.86. The molecule has 0 radical (unpaired) electrons. The predicted octanol–water partition coefficient (Wildman–Crippen LogP) is 2.29. The molecule has 0 unspecified atom stereocenters. The molecule has 0 aromatic carbocycles. The molecule has 2 rings (SSSR count). The van der Waals surface area contributed by atoms with Gasteiger partial charge in [0.1, 0.15) is 5.82 Å². The number of pyridine rings is 1. The molecule has 1 N–H and O–H groups in total. The number of aliphatic hydroxyl groups excluding tert-OH is 1. The third-order valence-corrected chi connectivity index (χ3v) is 2.83. The van der Waals surface area contributed by atoms with E-state index in [0.717, 1.165) is 28.3 Å². The third kappa shape index (κ3) is 1.74. The van der Waals surface area contributed by atoms with Crippen molar-refractivity contribution in [1.29, 1.82) is 0 Å². The minimum absolute atomic E-state index is 0.0749. The molecule has 2 heterocycles. The van der Waals surface area contributed by atoms with Gasteiger partial charge < -0.3 is 9.67 Å². The van der Waals surface area contributed by atoms with Crippen LogP contribution in [0.3, 0.4) is 0 Å². The molecular formula is C13H16N2O. The van der Waals surface area contributed by atoms with Gasteiger partial charge in [0, 0.05) is 17.6 Å². The Hall–Kier alpha value is -1.61. The van der Waals surface area contributed by atoms with E-state index in [4.69, 9.17) is 0 Å². The number of hydrogen-bond acceptors (Lipinski definition) is 2. The van der Waals surface area contributed by atoms with E-state index in [2.05, 4.69) is 9.55 Å². The third-order valence-electron chi connectivity index (χ3n) is 2.83. The lowest BCUT2D eigenvalue weighted by molar-refractivity contribution is 0.281. The van der Waals surface area contributed by atoms with Crippen LogP contribution < -0.4 is 0 Å². The zero-order valence-electron chi connectivity index (χ0n) is 9.86. The Kier molecular flexibility index (Phi) is 2.79. The second-order valence-electron chi connectivity index (χ2n) is 4.08. The second-order valence-corrected chi connectivity index (χ2v) is 4.08. The molecule has 2 aromatic heterocycles. The van der Waals surface area contributed by atoms with Crippen LogP contribution in [0.2, 0.25) is 0 Å². The number of aromatic nitrogens is 2. The van der Waals surface area contributed by atoms with Crippen LogP contribution in [-0.4, -0.2) is 14.7 Å². The summed E-state index contributed by atoms with van der Waals surface area (Å²) >= 11 is 0. The summed E-state index contributed by atoms with van der Waals surface area (Å²) < 4.78 is 2.06. The maximum absolute atomic E-state index is 9.21. The fraction of sp³-hybridized carbons (Fsp3) is 0.308. The molecule has 0 fully saturated rings. The van der Waals surface area contributed by atoms with Crippen LogP contribution in [0.5, 0.6) is 0 Å². The molecule has 0 aliphatic carbocycles. The van der Waals surface area contributed by atoms with Gasteiger partial charge in [0.25, 0.3) is 0 Å². The summed E-state index contributed by atoms with van der Waals surface area (Å²) in [6, 6.07) is 6.03. The average molecular weight is 216 g/mol. The standard InChI is InChI=1S/C13H16N2O/c1-9-4-5-13(14-7-9)15-10(2)6-12(8-16)11(15)3/h4-7,16H,8H2,1-3H3. The van der Waals surface area contributed by atoms with E-state index < -0.39 is 0 Å². The van der Waals surface area contributed by atoms with Crippen LogP contribution in [0, 0.1) is 20.8 Å². The molecule has 3 nitrogen and oxygen atoms in total. The number of rotatable bonds is 2. The summed E-state index contributed by atoms with van der Waals surface area (Å²) in [6.45, 7) is 6.12. The molecule has 84 valence electrons. The molecule has 2 aromatic rings. The number of aliphatic hydroxyl groups is 1. The van der Waals surface area contributed by atoms with Gasteiger partial charge >= 0.3 is 0 Å². The molecule has 0 aliphatic rings. The van der Waals surface area contributed by atoms with Crippen molar-refractivity contribution in [3.8, 4) is 5.82 Å². The first-order valence-electron chi connectivity index (χ1n) is 5.35. The first-order chi connectivity index (χ1) is 7.63. The fourth-order valence-corrected chi connectivity index (χ4v) is 1.93. The minimum Gasteiger partial charge on any atom is -0.392 e. The molecule has 0 saturated carbocycles. The van der Waals surface area contributed by atoms with Crippen molar-refractivity contribution in [2.75, 3.05) is 0 Å². The Labute approximate surface area is 95.4 Å². The van der Waals surface area contributed by atoms with E-state index >= 15 is 0 Å². The normalized spacial score (nSPS) is 10.8. The van der Waals surface area contributed by atoms with Gasteiger partial charge in [-0.2, -0.15) is 0 Å². The van der Waals surface area contributed by atoms with Crippen molar-refractivity contribution in [2.45, 2.75) is 27.4 Å². The largest absolute Gasteiger partial charge is 0.392 e. The maximum atomic E-state index is 9.21. The van der Waals surface area contributed by atoms with Gasteiger partial charge in [-0.05, 0) is 44.0 Å². The SMILES string of the molecule is Cc1ccc(-n2c(C)cc(CO)c2C)nc1. The molecule has 0 spiro atoms. The van der Waals surface area contributed by atoms with E-state index in [1.165, 1.54) is 0 Å². The van der Waals surface area contributed by atoms with Crippen molar-refractivity contribution in [1.82, 2.24) is 9.55 Å². The summed E-state index contributed by atoms with van der Waals surface area (Å²) in [5.74, 6) is 0.903. The highest BCUT2D eigenvalue weighted by atomic mass is 16.3. The summed E-state index contributed by atoms with van der Waals surface area (Å²) in [6.07, 6.45) is 1.85. The Morgan fingerprint density at radius 2 is 2.00 bits per heavy atom. The van der Waals surface area contributed by atoms with Crippen molar-refractivity contribution in [2.24, 2.45) is 0 Å². The monoisotopic (exact) mass is 216 g/mol. The topological polar surface area (TPSA) is 38.0 Å². The first kappa shape index (κ1) is 10.9. The lowest BCUT2D eigenvalue weighted by Crippen LogP contribution is -2.02. The molecule has 0 bridgehead atoms. The van der Waals surface area contributed by atoms with Gasteiger partial charge in [-0.15, -0.1) is 0 Å². The van der Waals surface area contributed by atoms with Crippen LogP contribution >= 0.6 is 0 Å². The number of nitrogens with zero attached hydrogens (tertiary/aromatic N) is 2. The number of hydrogen-bond donors (Lipinski definition) is 1. The molecule has 0 aliphatic heterocycles. The maximum Gasteiger partial charge on any atom is 0.136 e. The Bertz CT molecular complexity index is 497. The van der Waals surface area contributed by atoms with Gasteiger partial charge in [-0.25, -0.2) is 4.98 Å². The quantitative estimate of drug-likeness (QED) is 0.836. The lowest BCUT2D eigenvalue weighted by atomic mass is 10.2. The van der Waals surface area contributed by atoms with Gasteiger partial charge in [0.15, 0.2) is 0 Å². The number of aryl methyl sites for hydroxylation is 2. The Morgan fingerprint density at radius 1 is 1.25 bits per heavy atom. The molecule has 16 heavy (non-hydrogen) atoms. The second kappa shape index (κ2) is 4.10. The van der Waals surface area contributed by atoms with Crippen molar-refractivity contribution in [3.63, 3.8) is 0 Å². The molecule has 0 amide bonds. The summed E-state index contributed by atoms with van der Waals surface area (Å²) in [5.41, 5.74) is 4.25. The van der Waals surface area contributed by atoms with Crippen molar-refractivity contribution in [3.05, 3.63) is 46.9 Å². The van der Waals surface area contributed by atoms with E-state index in [-0.39, 0.29) is 6.61 Å². The lowest BCUT2D eigenvalue weighted by Gasteiger charge is -2.08. The van der Waals surface area contributed by atoms with Crippen LogP contribution in [-0.2, 0) is 6.61 Å². The van der Waals surface area contributed by atoms with Gasteiger partial charge in [0.05, 0.1) is 6.61 Å².